The van der Waals surface area contributed by atoms with Crippen molar-refractivity contribution in [1.82, 2.24) is 14.9 Å². The minimum Gasteiger partial charge on any atom is -0.342 e. The molecule has 1 aliphatic heterocycles. The normalized spacial score (nSPS) is 17.8. The zero-order valence-corrected chi connectivity index (χ0v) is 14.5. The summed E-state index contributed by atoms with van der Waals surface area (Å²) in [6.45, 7) is 3.68. The van der Waals surface area contributed by atoms with Crippen LogP contribution >= 0.6 is 0 Å². The summed E-state index contributed by atoms with van der Waals surface area (Å²) in [5.74, 6) is 1.41. The lowest BCUT2D eigenvalue weighted by Crippen LogP contribution is -2.39. The van der Waals surface area contributed by atoms with E-state index in [1.165, 1.54) is 5.56 Å². The van der Waals surface area contributed by atoms with Gasteiger partial charge < -0.3 is 9.88 Å². The molecule has 1 atom stereocenters. The van der Waals surface area contributed by atoms with Crippen LogP contribution < -0.4 is 0 Å². The molecule has 0 spiro atoms. The molecule has 1 N–H and O–H groups in total. The highest BCUT2D eigenvalue weighted by Crippen LogP contribution is 2.27. The van der Waals surface area contributed by atoms with Gasteiger partial charge in [0, 0.05) is 24.6 Å². The van der Waals surface area contributed by atoms with Gasteiger partial charge in [-0.3, -0.25) is 4.79 Å². The number of hydrogen-bond acceptors (Lipinski definition) is 2. The number of piperidine rings is 1. The number of amides is 1. The highest BCUT2D eigenvalue weighted by molar-refractivity contribution is 5.94. The monoisotopic (exact) mass is 333 g/mol. The van der Waals surface area contributed by atoms with Crippen molar-refractivity contribution in [2.45, 2.75) is 32.1 Å². The number of aromatic nitrogens is 2. The van der Waals surface area contributed by atoms with Crippen molar-refractivity contribution in [2.75, 3.05) is 13.1 Å². The third kappa shape index (κ3) is 3.16. The number of nitrogens with one attached hydrogen (secondary N) is 1. The van der Waals surface area contributed by atoms with E-state index in [2.05, 4.69) is 11.9 Å². The van der Waals surface area contributed by atoms with Gasteiger partial charge in [-0.15, -0.1) is 0 Å². The Labute approximate surface area is 147 Å². The van der Waals surface area contributed by atoms with Crippen LogP contribution in [0.5, 0.6) is 0 Å². The second kappa shape index (κ2) is 6.71. The summed E-state index contributed by atoms with van der Waals surface area (Å²) >= 11 is 0. The molecule has 0 bridgehead atoms. The van der Waals surface area contributed by atoms with Crippen molar-refractivity contribution in [3.63, 3.8) is 0 Å². The van der Waals surface area contributed by atoms with Crippen molar-refractivity contribution in [3.05, 3.63) is 65.5 Å². The molecule has 0 saturated carbocycles. The number of H-pyrrole nitrogens is 1. The molecular formula is C21H23N3O. The second-order valence-electron chi connectivity index (χ2n) is 6.78. The molecule has 4 nitrogen and oxygen atoms in total. The molecule has 128 valence electrons. The summed E-state index contributed by atoms with van der Waals surface area (Å²) in [5, 5.41) is 0. The fourth-order valence-electron chi connectivity index (χ4n) is 3.62. The number of hydrogen-bond donors (Lipinski definition) is 1. The van der Waals surface area contributed by atoms with E-state index in [-0.39, 0.29) is 11.8 Å². The van der Waals surface area contributed by atoms with Gasteiger partial charge in [0.25, 0.3) is 5.91 Å². The van der Waals surface area contributed by atoms with Gasteiger partial charge in [-0.25, -0.2) is 4.98 Å². The van der Waals surface area contributed by atoms with Crippen LogP contribution in [0.2, 0.25) is 0 Å². The van der Waals surface area contributed by atoms with E-state index in [0.717, 1.165) is 54.8 Å². The third-order valence-electron chi connectivity index (χ3n) is 5.11. The maximum absolute atomic E-state index is 12.8. The largest absolute Gasteiger partial charge is 0.342 e. The van der Waals surface area contributed by atoms with Gasteiger partial charge in [-0.2, -0.15) is 0 Å². The van der Waals surface area contributed by atoms with Crippen LogP contribution in [-0.4, -0.2) is 33.9 Å². The number of aryl methyl sites for hydroxylation is 1. The van der Waals surface area contributed by atoms with E-state index >= 15 is 0 Å². The number of aromatic amines is 1. The Bertz CT molecular complexity index is 849. The lowest BCUT2D eigenvalue weighted by Gasteiger charge is -2.32. The van der Waals surface area contributed by atoms with Crippen molar-refractivity contribution in [1.29, 1.82) is 0 Å². The Morgan fingerprint density at radius 3 is 2.76 bits per heavy atom. The molecule has 4 rings (SSSR count). The molecule has 1 amide bonds. The fraction of sp³-hybridized carbons (Fsp3) is 0.333. The van der Waals surface area contributed by atoms with Gasteiger partial charge in [0.2, 0.25) is 0 Å². The number of likely N-dealkylation sites (tertiary alicyclic amines) is 1. The summed E-state index contributed by atoms with van der Waals surface area (Å²) < 4.78 is 0. The van der Waals surface area contributed by atoms with E-state index in [1.54, 1.807) is 0 Å². The maximum atomic E-state index is 12.8. The number of carbonyl (C=O) groups excluding carboxylic acids is 1. The quantitative estimate of drug-likeness (QED) is 0.783. The number of rotatable bonds is 3. The van der Waals surface area contributed by atoms with Gasteiger partial charge in [-0.05, 0) is 49.1 Å². The van der Waals surface area contributed by atoms with Crippen LogP contribution in [-0.2, 0) is 6.42 Å². The Kier molecular flexibility index (Phi) is 4.26. The van der Waals surface area contributed by atoms with Crippen LogP contribution in [0.1, 0.15) is 47.4 Å². The van der Waals surface area contributed by atoms with Gasteiger partial charge in [0.1, 0.15) is 5.82 Å². The molecule has 25 heavy (non-hydrogen) atoms. The SMILES string of the molecule is CCc1ccc(C(=O)N2CCC[C@@H](c3nc4ccccc4[nH]3)C2)cc1. The average Bonchev–Trinajstić information content (AvgIpc) is 3.12. The van der Waals surface area contributed by atoms with E-state index < -0.39 is 0 Å². The van der Waals surface area contributed by atoms with Crippen LogP contribution in [0.15, 0.2) is 48.5 Å². The summed E-state index contributed by atoms with van der Waals surface area (Å²) in [5.41, 5.74) is 4.10. The van der Waals surface area contributed by atoms with Crippen molar-refractivity contribution >= 4 is 16.9 Å². The number of imidazole rings is 1. The lowest BCUT2D eigenvalue weighted by molar-refractivity contribution is 0.0705. The molecule has 2 aromatic carbocycles. The second-order valence-corrected chi connectivity index (χ2v) is 6.78. The molecule has 0 aliphatic carbocycles. The van der Waals surface area contributed by atoms with Gasteiger partial charge in [0.15, 0.2) is 0 Å². The minimum absolute atomic E-state index is 0.128. The Morgan fingerprint density at radius 2 is 2.00 bits per heavy atom. The zero-order valence-electron chi connectivity index (χ0n) is 14.5. The van der Waals surface area contributed by atoms with Gasteiger partial charge in [0.05, 0.1) is 11.0 Å². The van der Waals surface area contributed by atoms with Crippen LogP contribution in [0.4, 0.5) is 0 Å². The maximum Gasteiger partial charge on any atom is 0.253 e. The molecule has 3 aromatic rings. The summed E-state index contributed by atoms with van der Waals surface area (Å²) in [6, 6.07) is 16.1. The molecule has 1 saturated heterocycles. The first-order chi connectivity index (χ1) is 12.2. The average molecular weight is 333 g/mol. The number of carbonyl (C=O) groups is 1. The van der Waals surface area contributed by atoms with Crippen LogP contribution in [0.25, 0.3) is 11.0 Å². The molecule has 4 heteroatoms. The predicted octanol–water partition coefficient (Wildman–Crippen LogP) is 4.15. The van der Waals surface area contributed by atoms with E-state index in [4.69, 9.17) is 4.98 Å². The van der Waals surface area contributed by atoms with Gasteiger partial charge >= 0.3 is 0 Å². The summed E-state index contributed by atoms with van der Waals surface area (Å²) in [6.07, 6.45) is 3.07. The van der Waals surface area contributed by atoms with Crippen molar-refractivity contribution < 1.29 is 4.79 Å². The van der Waals surface area contributed by atoms with E-state index in [9.17, 15) is 4.79 Å². The van der Waals surface area contributed by atoms with Crippen molar-refractivity contribution in [2.24, 2.45) is 0 Å². The standard InChI is InChI=1S/C21H23N3O/c1-2-15-9-11-16(12-10-15)21(25)24-13-5-6-17(14-24)20-22-18-7-3-4-8-19(18)23-20/h3-4,7-12,17H,2,5-6,13-14H2,1H3,(H,22,23)/t17-/m1/s1. The molecule has 1 fully saturated rings. The molecule has 0 unspecified atom stereocenters. The molecule has 0 radical (unpaired) electrons. The zero-order chi connectivity index (χ0) is 17.2. The fourth-order valence-corrected chi connectivity index (χ4v) is 3.62. The first-order valence-corrected chi connectivity index (χ1v) is 9.07. The summed E-state index contributed by atoms with van der Waals surface area (Å²) in [7, 11) is 0. The number of para-hydroxylation sites is 2. The molecule has 1 aromatic heterocycles. The van der Waals surface area contributed by atoms with Crippen molar-refractivity contribution in [3.8, 4) is 0 Å². The van der Waals surface area contributed by atoms with Crippen LogP contribution in [0.3, 0.4) is 0 Å². The number of benzene rings is 2. The molecular weight excluding hydrogens is 310 g/mol. The topological polar surface area (TPSA) is 49.0 Å². The number of fused-ring (bicyclic) bond motifs is 1. The highest BCUT2D eigenvalue weighted by Gasteiger charge is 2.27. The highest BCUT2D eigenvalue weighted by atomic mass is 16.2. The molecule has 2 heterocycles. The third-order valence-corrected chi connectivity index (χ3v) is 5.11. The Morgan fingerprint density at radius 1 is 1.20 bits per heavy atom. The first-order valence-electron chi connectivity index (χ1n) is 9.07. The first kappa shape index (κ1) is 15.9. The van der Waals surface area contributed by atoms with Crippen LogP contribution in [0, 0.1) is 0 Å². The lowest BCUT2D eigenvalue weighted by atomic mass is 9.96. The predicted molar refractivity (Wildman–Crippen MR) is 99.8 cm³/mol. The smallest absolute Gasteiger partial charge is 0.253 e. The Hall–Kier alpha value is -2.62. The molecule has 1 aliphatic rings. The minimum atomic E-state index is 0.128. The van der Waals surface area contributed by atoms with E-state index in [1.807, 2.05) is 53.4 Å². The van der Waals surface area contributed by atoms with Gasteiger partial charge in [-0.1, -0.05) is 31.2 Å². The summed E-state index contributed by atoms with van der Waals surface area (Å²) in [4.78, 5) is 23.0. The Balaban J connectivity index is 1.52. The van der Waals surface area contributed by atoms with E-state index in [0.29, 0.717) is 0 Å². The number of nitrogens with zero attached hydrogens (tertiary/aromatic N) is 2.